The molecule has 1 heterocycles. The first-order chi connectivity index (χ1) is 15.2. The van der Waals surface area contributed by atoms with Gasteiger partial charge >= 0.3 is 0 Å². The smallest absolute Gasteiger partial charge is 0.193 e. The van der Waals surface area contributed by atoms with E-state index in [1.165, 1.54) is 31.2 Å². The van der Waals surface area contributed by atoms with Crippen molar-refractivity contribution < 1.29 is 14.2 Å². The first-order valence-corrected chi connectivity index (χ1v) is 12.1. The zero-order chi connectivity index (χ0) is 21.9. The molecule has 0 amide bonds. The summed E-state index contributed by atoms with van der Waals surface area (Å²) in [5.74, 6) is 3.44. The normalized spacial score (nSPS) is 17.8. The molecule has 1 saturated carbocycles. The number of rotatable bonds is 10. The quantitative estimate of drug-likeness (QED) is 0.192. The van der Waals surface area contributed by atoms with E-state index in [4.69, 9.17) is 14.2 Å². The van der Waals surface area contributed by atoms with Crippen LogP contribution in [0.5, 0.6) is 11.5 Å². The number of aryl methyl sites for hydroxylation is 1. The van der Waals surface area contributed by atoms with Gasteiger partial charge < -0.3 is 24.4 Å². The second-order valence-corrected chi connectivity index (χ2v) is 8.67. The number of piperidine rings is 1. The summed E-state index contributed by atoms with van der Waals surface area (Å²) < 4.78 is 17.3. The highest BCUT2D eigenvalue weighted by molar-refractivity contribution is 14.0. The molecule has 6 nitrogen and oxygen atoms in total. The topological polar surface area (TPSA) is 55.3 Å². The van der Waals surface area contributed by atoms with E-state index < -0.39 is 0 Å². The molecule has 0 aromatic heterocycles. The lowest BCUT2D eigenvalue weighted by Gasteiger charge is -2.34. The summed E-state index contributed by atoms with van der Waals surface area (Å²) in [4.78, 5) is 6.88. The maximum atomic E-state index is 6.21. The number of halogens is 1. The van der Waals surface area contributed by atoms with Crippen molar-refractivity contribution in [3.05, 3.63) is 23.8 Å². The monoisotopic (exact) mass is 559 g/mol. The van der Waals surface area contributed by atoms with Crippen LogP contribution in [0.1, 0.15) is 57.4 Å². The maximum absolute atomic E-state index is 6.21. The molecule has 1 aliphatic carbocycles. The Hall–Kier alpha value is -1.22. The molecule has 2 fully saturated rings. The van der Waals surface area contributed by atoms with Crippen LogP contribution in [0.2, 0.25) is 0 Å². The number of aliphatic imine (C=N–C) groups is 1. The molecule has 3 rings (SSSR count). The Bertz CT molecular complexity index is 687. The molecule has 7 heteroatoms. The van der Waals surface area contributed by atoms with Crippen molar-refractivity contribution in [1.82, 2.24) is 10.2 Å². The first kappa shape index (κ1) is 27.0. The molecule has 1 saturated heterocycles. The van der Waals surface area contributed by atoms with Gasteiger partial charge in [-0.3, -0.25) is 4.99 Å². The van der Waals surface area contributed by atoms with Gasteiger partial charge in [-0.05, 0) is 69.1 Å². The number of nitrogens with one attached hydrogen (secondary N) is 1. The zero-order valence-corrected chi connectivity index (χ0v) is 22.4. The summed E-state index contributed by atoms with van der Waals surface area (Å²) in [5, 5.41) is 3.54. The van der Waals surface area contributed by atoms with Gasteiger partial charge in [0.2, 0.25) is 0 Å². The van der Waals surface area contributed by atoms with Crippen LogP contribution in [0.3, 0.4) is 0 Å². The van der Waals surface area contributed by atoms with Gasteiger partial charge in [0.25, 0.3) is 0 Å². The van der Waals surface area contributed by atoms with Gasteiger partial charge in [0.15, 0.2) is 17.5 Å². The van der Waals surface area contributed by atoms with Gasteiger partial charge in [0.05, 0.1) is 19.8 Å². The van der Waals surface area contributed by atoms with Crippen LogP contribution in [0.25, 0.3) is 0 Å². The largest absolute Gasteiger partial charge is 0.493 e. The van der Waals surface area contributed by atoms with Crippen LogP contribution >= 0.6 is 24.0 Å². The van der Waals surface area contributed by atoms with Crippen molar-refractivity contribution >= 4 is 29.9 Å². The third-order valence-electron chi connectivity index (χ3n) is 6.45. The van der Waals surface area contributed by atoms with Crippen LogP contribution in [-0.2, 0) is 11.2 Å². The molecule has 1 aliphatic heterocycles. The van der Waals surface area contributed by atoms with E-state index in [-0.39, 0.29) is 24.0 Å². The summed E-state index contributed by atoms with van der Waals surface area (Å²) in [6.45, 7) is 6.54. The Labute approximate surface area is 211 Å². The highest BCUT2D eigenvalue weighted by atomic mass is 127. The SMILES string of the molecule is CCOc1cc(CCCNC(=NC)N2CCC(OCC3CCCC3)CC2)ccc1OC.I. The van der Waals surface area contributed by atoms with Crippen molar-refractivity contribution in [2.24, 2.45) is 10.9 Å². The van der Waals surface area contributed by atoms with Gasteiger partial charge in [-0.15, -0.1) is 24.0 Å². The first-order valence-electron chi connectivity index (χ1n) is 12.1. The summed E-state index contributed by atoms with van der Waals surface area (Å²) in [5.41, 5.74) is 1.27. The average molecular weight is 560 g/mol. The summed E-state index contributed by atoms with van der Waals surface area (Å²) in [7, 11) is 3.56. The lowest BCUT2D eigenvalue weighted by Crippen LogP contribution is -2.47. The van der Waals surface area contributed by atoms with E-state index in [2.05, 4.69) is 27.3 Å². The number of ether oxygens (including phenoxy) is 3. The average Bonchev–Trinajstić information content (AvgIpc) is 3.32. The predicted molar refractivity (Wildman–Crippen MR) is 142 cm³/mol. The minimum atomic E-state index is 0. The van der Waals surface area contributed by atoms with E-state index in [9.17, 15) is 0 Å². The Balaban J connectivity index is 0.00000363. The van der Waals surface area contributed by atoms with Crippen molar-refractivity contribution in [1.29, 1.82) is 0 Å². The van der Waals surface area contributed by atoms with E-state index in [1.54, 1.807) is 7.11 Å². The van der Waals surface area contributed by atoms with Crippen molar-refractivity contribution in [2.45, 2.75) is 64.4 Å². The number of hydrogen-bond donors (Lipinski definition) is 1. The van der Waals surface area contributed by atoms with E-state index >= 15 is 0 Å². The number of likely N-dealkylation sites (tertiary alicyclic amines) is 1. The number of benzene rings is 1. The number of methoxy groups -OCH3 is 1. The van der Waals surface area contributed by atoms with Gasteiger partial charge in [-0.2, -0.15) is 0 Å². The Morgan fingerprint density at radius 2 is 1.88 bits per heavy atom. The highest BCUT2D eigenvalue weighted by Gasteiger charge is 2.23. The van der Waals surface area contributed by atoms with Crippen LogP contribution in [0.4, 0.5) is 0 Å². The van der Waals surface area contributed by atoms with Gasteiger partial charge in [-0.1, -0.05) is 18.9 Å². The molecule has 182 valence electrons. The fourth-order valence-corrected chi connectivity index (χ4v) is 4.65. The predicted octanol–water partition coefficient (Wildman–Crippen LogP) is 4.89. The zero-order valence-electron chi connectivity index (χ0n) is 20.1. The molecular formula is C25H42IN3O3. The van der Waals surface area contributed by atoms with Gasteiger partial charge in [0.1, 0.15) is 0 Å². The van der Waals surface area contributed by atoms with Crippen LogP contribution in [-0.4, -0.2) is 64.0 Å². The fourth-order valence-electron chi connectivity index (χ4n) is 4.65. The van der Waals surface area contributed by atoms with E-state index in [0.717, 1.165) is 75.3 Å². The van der Waals surface area contributed by atoms with Crippen molar-refractivity contribution in [2.75, 3.05) is 47.0 Å². The molecule has 0 bridgehead atoms. The number of nitrogens with zero attached hydrogens (tertiary/aromatic N) is 2. The summed E-state index contributed by atoms with van der Waals surface area (Å²) in [6, 6.07) is 6.20. The van der Waals surface area contributed by atoms with Crippen LogP contribution < -0.4 is 14.8 Å². The molecular weight excluding hydrogens is 517 g/mol. The number of hydrogen-bond acceptors (Lipinski definition) is 4. The van der Waals surface area contributed by atoms with E-state index in [1.807, 2.05) is 20.0 Å². The summed E-state index contributed by atoms with van der Waals surface area (Å²) in [6.07, 6.45) is 10.1. The summed E-state index contributed by atoms with van der Waals surface area (Å²) >= 11 is 0. The molecule has 0 radical (unpaired) electrons. The maximum Gasteiger partial charge on any atom is 0.193 e. The highest BCUT2D eigenvalue weighted by Crippen LogP contribution is 2.28. The minimum absolute atomic E-state index is 0. The molecule has 1 aromatic carbocycles. The third kappa shape index (κ3) is 8.28. The second kappa shape index (κ2) is 14.8. The van der Waals surface area contributed by atoms with Gasteiger partial charge in [-0.25, -0.2) is 0 Å². The molecule has 1 aromatic rings. The molecule has 0 spiro atoms. The lowest BCUT2D eigenvalue weighted by molar-refractivity contribution is 0.00102. The van der Waals surface area contributed by atoms with Crippen LogP contribution in [0.15, 0.2) is 23.2 Å². The van der Waals surface area contributed by atoms with Crippen LogP contribution in [0, 0.1) is 5.92 Å². The molecule has 32 heavy (non-hydrogen) atoms. The molecule has 1 N–H and O–H groups in total. The number of guanidine groups is 1. The standard InChI is InChI=1S/C25H41N3O3.HI/c1-4-30-24-18-20(11-12-23(24)29-3)10-7-15-27-25(26-2)28-16-13-22(14-17-28)31-19-21-8-5-6-9-21;/h11-12,18,21-22H,4-10,13-17,19H2,1-3H3,(H,26,27);1H. The third-order valence-corrected chi connectivity index (χ3v) is 6.45. The minimum Gasteiger partial charge on any atom is -0.493 e. The van der Waals surface area contributed by atoms with E-state index in [0.29, 0.717) is 12.7 Å². The Morgan fingerprint density at radius 3 is 2.53 bits per heavy atom. The Kier molecular flexibility index (Phi) is 12.5. The van der Waals surface area contributed by atoms with Crippen molar-refractivity contribution in [3.63, 3.8) is 0 Å². The van der Waals surface area contributed by atoms with Gasteiger partial charge in [0, 0.05) is 33.3 Å². The lowest BCUT2D eigenvalue weighted by atomic mass is 10.1. The second-order valence-electron chi connectivity index (χ2n) is 8.67. The molecule has 0 unspecified atom stereocenters. The molecule has 2 aliphatic rings. The molecule has 0 atom stereocenters. The van der Waals surface area contributed by atoms with Crippen molar-refractivity contribution in [3.8, 4) is 11.5 Å². The fraction of sp³-hybridized carbons (Fsp3) is 0.720. The Morgan fingerprint density at radius 1 is 1.12 bits per heavy atom.